The van der Waals surface area contributed by atoms with Crippen LogP contribution >= 0.6 is 11.6 Å². The monoisotopic (exact) mass is 334 g/mol. The van der Waals surface area contributed by atoms with E-state index in [1.165, 1.54) is 31.2 Å². The zero-order valence-electron chi connectivity index (χ0n) is 12.1. The lowest BCUT2D eigenvalue weighted by Crippen LogP contribution is -2.22. The Morgan fingerprint density at radius 2 is 2.09 bits per heavy atom. The van der Waals surface area contributed by atoms with E-state index in [2.05, 4.69) is 0 Å². The molecule has 0 amide bonds. The lowest BCUT2D eigenvalue weighted by atomic mass is 9.84. The van der Waals surface area contributed by atoms with Crippen molar-refractivity contribution in [3.8, 4) is 11.5 Å². The molecule has 1 unspecified atom stereocenters. The highest BCUT2D eigenvalue weighted by molar-refractivity contribution is 6.31. The van der Waals surface area contributed by atoms with Gasteiger partial charge in [0.15, 0.2) is 5.78 Å². The van der Waals surface area contributed by atoms with E-state index in [0.29, 0.717) is 11.1 Å². The van der Waals surface area contributed by atoms with Crippen LogP contribution in [-0.2, 0) is 4.79 Å². The standard InChI is InChI=1S/C17H12ClFO4/c1-8(20)10-4-5-14-16(17(10)22)12(7-15(21)23-14)11-3-2-9(19)6-13(11)18/h2-6,12,22H,7H2,1H3. The first-order valence-electron chi connectivity index (χ1n) is 6.91. The van der Waals surface area contributed by atoms with Crippen LogP contribution in [0.15, 0.2) is 30.3 Å². The van der Waals surface area contributed by atoms with Crippen molar-refractivity contribution in [3.63, 3.8) is 0 Å². The Labute approximate surface area is 136 Å². The molecule has 1 aliphatic heterocycles. The fourth-order valence-electron chi connectivity index (χ4n) is 2.78. The third-order valence-corrected chi connectivity index (χ3v) is 4.16. The van der Waals surface area contributed by atoms with E-state index < -0.39 is 17.7 Å². The van der Waals surface area contributed by atoms with E-state index in [1.54, 1.807) is 0 Å². The van der Waals surface area contributed by atoms with Gasteiger partial charge < -0.3 is 9.84 Å². The van der Waals surface area contributed by atoms with Gasteiger partial charge in [0.25, 0.3) is 0 Å². The summed E-state index contributed by atoms with van der Waals surface area (Å²) in [6.45, 7) is 1.33. The first kappa shape index (κ1) is 15.5. The topological polar surface area (TPSA) is 63.6 Å². The summed E-state index contributed by atoms with van der Waals surface area (Å²) in [5, 5.41) is 10.6. The smallest absolute Gasteiger partial charge is 0.312 e. The molecule has 0 radical (unpaired) electrons. The van der Waals surface area contributed by atoms with Crippen LogP contribution in [0.5, 0.6) is 11.5 Å². The summed E-state index contributed by atoms with van der Waals surface area (Å²) in [6, 6.07) is 6.70. The number of esters is 1. The van der Waals surface area contributed by atoms with Crippen LogP contribution in [0.4, 0.5) is 4.39 Å². The molecule has 0 spiro atoms. The van der Waals surface area contributed by atoms with E-state index in [1.807, 2.05) is 0 Å². The number of hydrogen-bond donors (Lipinski definition) is 1. The molecule has 2 aromatic rings. The molecule has 0 saturated carbocycles. The Morgan fingerprint density at radius 3 is 2.74 bits per heavy atom. The minimum absolute atomic E-state index is 0.0622. The van der Waals surface area contributed by atoms with Crippen LogP contribution < -0.4 is 4.74 Å². The number of phenolic OH excluding ortho intramolecular Hbond substituents is 1. The summed E-state index contributed by atoms with van der Waals surface area (Å²) in [5.41, 5.74) is 0.928. The maximum Gasteiger partial charge on any atom is 0.312 e. The number of ether oxygens (including phenoxy) is 1. The van der Waals surface area contributed by atoms with E-state index in [-0.39, 0.29) is 34.3 Å². The molecule has 0 aliphatic carbocycles. The zero-order valence-corrected chi connectivity index (χ0v) is 12.9. The number of phenols is 1. The van der Waals surface area contributed by atoms with Gasteiger partial charge in [-0.05, 0) is 36.8 Å². The molecule has 0 aromatic heterocycles. The molecule has 118 valence electrons. The third-order valence-electron chi connectivity index (χ3n) is 3.84. The molecular formula is C17H12ClFO4. The summed E-state index contributed by atoms with van der Waals surface area (Å²) < 4.78 is 18.4. The second-order valence-corrected chi connectivity index (χ2v) is 5.73. The normalized spacial score (nSPS) is 16.7. The highest BCUT2D eigenvalue weighted by Crippen LogP contribution is 2.46. The van der Waals surface area contributed by atoms with Crippen LogP contribution in [0.25, 0.3) is 0 Å². The van der Waals surface area contributed by atoms with Gasteiger partial charge in [-0.15, -0.1) is 0 Å². The molecule has 2 aromatic carbocycles. The number of halogens is 2. The second kappa shape index (κ2) is 5.66. The number of benzene rings is 2. The summed E-state index contributed by atoms with van der Waals surface area (Å²) in [5.74, 6) is -1.98. The van der Waals surface area contributed by atoms with Gasteiger partial charge in [-0.3, -0.25) is 9.59 Å². The second-order valence-electron chi connectivity index (χ2n) is 5.33. The molecule has 1 atom stereocenters. The van der Waals surface area contributed by atoms with Crippen molar-refractivity contribution in [2.24, 2.45) is 0 Å². The van der Waals surface area contributed by atoms with Crippen LogP contribution in [0.3, 0.4) is 0 Å². The van der Waals surface area contributed by atoms with Gasteiger partial charge in [0.1, 0.15) is 17.3 Å². The zero-order chi connectivity index (χ0) is 16.7. The first-order chi connectivity index (χ1) is 10.9. The Balaban J connectivity index is 2.23. The predicted molar refractivity (Wildman–Crippen MR) is 81.6 cm³/mol. The van der Waals surface area contributed by atoms with Crippen molar-refractivity contribution in [2.75, 3.05) is 0 Å². The number of rotatable bonds is 2. The van der Waals surface area contributed by atoms with Gasteiger partial charge >= 0.3 is 5.97 Å². The fourth-order valence-corrected chi connectivity index (χ4v) is 3.08. The molecule has 4 nitrogen and oxygen atoms in total. The highest BCUT2D eigenvalue weighted by atomic mass is 35.5. The number of aromatic hydroxyl groups is 1. The quantitative estimate of drug-likeness (QED) is 0.515. The van der Waals surface area contributed by atoms with E-state index >= 15 is 0 Å². The Kier molecular flexibility index (Phi) is 3.82. The van der Waals surface area contributed by atoms with Crippen molar-refractivity contribution in [1.82, 2.24) is 0 Å². The van der Waals surface area contributed by atoms with Crippen molar-refractivity contribution in [3.05, 3.63) is 57.9 Å². The minimum Gasteiger partial charge on any atom is -0.507 e. The number of fused-ring (bicyclic) bond motifs is 1. The Hall–Kier alpha value is -2.40. The van der Waals surface area contributed by atoms with Gasteiger partial charge in [0.05, 0.1) is 12.0 Å². The van der Waals surface area contributed by atoms with Crippen LogP contribution in [0, 0.1) is 5.82 Å². The molecular weight excluding hydrogens is 323 g/mol. The fraction of sp³-hybridized carbons (Fsp3) is 0.176. The Morgan fingerprint density at radius 1 is 1.35 bits per heavy atom. The highest BCUT2D eigenvalue weighted by Gasteiger charge is 2.33. The molecule has 23 heavy (non-hydrogen) atoms. The molecule has 0 bridgehead atoms. The van der Waals surface area contributed by atoms with Gasteiger partial charge in [-0.25, -0.2) is 4.39 Å². The van der Waals surface area contributed by atoms with Crippen LogP contribution in [-0.4, -0.2) is 16.9 Å². The largest absolute Gasteiger partial charge is 0.507 e. The number of hydrogen-bond acceptors (Lipinski definition) is 4. The summed E-state index contributed by atoms with van der Waals surface area (Å²) >= 11 is 6.09. The van der Waals surface area contributed by atoms with Gasteiger partial charge in [-0.1, -0.05) is 17.7 Å². The van der Waals surface area contributed by atoms with Crippen molar-refractivity contribution >= 4 is 23.4 Å². The molecule has 1 heterocycles. The number of carbonyl (C=O) groups excluding carboxylic acids is 2. The first-order valence-corrected chi connectivity index (χ1v) is 7.28. The summed E-state index contributed by atoms with van der Waals surface area (Å²) in [4.78, 5) is 23.5. The van der Waals surface area contributed by atoms with E-state index in [0.717, 1.165) is 6.07 Å². The lowest BCUT2D eigenvalue weighted by Gasteiger charge is -2.27. The molecule has 1 N–H and O–H groups in total. The van der Waals surface area contributed by atoms with Crippen molar-refractivity contribution in [1.29, 1.82) is 0 Å². The molecule has 0 saturated heterocycles. The molecule has 3 rings (SSSR count). The number of Topliss-reactive ketones (excluding diaryl/α,β-unsaturated/α-hetero) is 1. The van der Waals surface area contributed by atoms with Gasteiger partial charge in [0, 0.05) is 16.5 Å². The maximum atomic E-state index is 13.3. The van der Waals surface area contributed by atoms with Gasteiger partial charge in [0.2, 0.25) is 0 Å². The molecule has 6 heteroatoms. The van der Waals surface area contributed by atoms with Crippen LogP contribution in [0.2, 0.25) is 5.02 Å². The lowest BCUT2D eigenvalue weighted by molar-refractivity contribution is -0.135. The average molecular weight is 335 g/mol. The molecule has 0 fully saturated rings. The predicted octanol–water partition coefficient (Wildman–Crippen LogP) is 3.83. The Bertz CT molecular complexity index is 832. The average Bonchev–Trinajstić information content (AvgIpc) is 2.46. The van der Waals surface area contributed by atoms with Crippen molar-refractivity contribution < 1.29 is 23.8 Å². The number of ketones is 1. The third kappa shape index (κ3) is 2.68. The SMILES string of the molecule is CC(=O)c1ccc2c(c1O)C(c1ccc(F)cc1Cl)CC(=O)O2. The van der Waals surface area contributed by atoms with Gasteiger partial charge in [-0.2, -0.15) is 0 Å². The van der Waals surface area contributed by atoms with Crippen molar-refractivity contribution in [2.45, 2.75) is 19.3 Å². The molecule has 1 aliphatic rings. The maximum absolute atomic E-state index is 13.3. The summed E-state index contributed by atoms with van der Waals surface area (Å²) in [6.07, 6.45) is -0.0622. The van der Waals surface area contributed by atoms with E-state index in [9.17, 15) is 19.1 Å². The summed E-state index contributed by atoms with van der Waals surface area (Å²) in [7, 11) is 0. The van der Waals surface area contributed by atoms with E-state index in [4.69, 9.17) is 16.3 Å². The minimum atomic E-state index is -0.612. The van der Waals surface area contributed by atoms with Crippen LogP contribution in [0.1, 0.15) is 40.7 Å². The number of carbonyl (C=O) groups is 2.